The smallest absolute Gasteiger partial charge is 0.191 e. The lowest BCUT2D eigenvalue weighted by Gasteiger charge is -2.33. The molecule has 26 heavy (non-hydrogen) atoms. The highest BCUT2D eigenvalue weighted by Gasteiger charge is 2.19. The number of piperidine rings is 1. The number of nitrogens with one attached hydrogen (secondary N) is 2. The van der Waals surface area contributed by atoms with E-state index >= 15 is 0 Å². The van der Waals surface area contributed by atoms with E-state index < -0.39 is 0 Å². The Morgan fingerprint density at radius 3 is 2.92 bits per heavy atom. The summed E-state index contributed by atoms with van der Waals surface area (Å²) in [6, 6.07) is 0.508. The van der Waals surface area contributed by atoms with Crippen LogP contribution in [0.5, 0.6) is 0 Å². The van der Waals surface area contributed by atoms with Crippen molar-refractivity contribution >= 4 is 29.1 Å². The van der Waals surface area contributed by atoms with Crippen LogP contribution in [0.2, 0.25) is 0 Å². The molecule has 1 fully saturated rings. The van der Waals surface area contributed by atoms with E-state index in [1.807, 2.05) is 30.4 Å². The highest BCUT2D eigenvalue weighted by Crippen LogP contribution is 2.20. The van der Waals surface area contributed by atoms with Gasteiger partial charge in [0.05, 0.1) is 12.7 Å². The van der Waals surface area contributed by atoms with Gasteiger partial charge in [0.1, 0.15) is 4.34 Å². The number of guanidine groups is 1. The lowest BCUT2D eigenvalue weighted by molar-refractivity contribution is 0.0532. The molecular formula is C18H33N5OS2. The van der Waals surface area contributed by atoms with Gasteiger partial charge in [0.2, 0.25) is 0 Å². The molecule has 1 aromatic rings. The van der Waals surface area contributed by atoms with Crippen LogP contribution < -0.4 is 10.6 Å². The quantitative estimate of drug-likeness (QED) is 0.273. The summed E-state index contributed by atoms with van der Waals surface area (Å²) in [6.45, 7) is 9.23. The molecule has 2 heterocycles. The first-order valence-corrected chi connectivity index (χ1v) is 11.4. The second-order valence-corrected chi connectivity index (χ2v) is 8.92. The van der Waals surface area contributed by atoms with Crippen molar-refractivity contribution in [3.8, 4) is 0 Å². The number of ether oxygens (including phenoxy) is 1. The number of hydrogen-bond donors (Lipinski definition) is 2. The Kier molecular flexibility index (Phi) is 10.4. The molecule has 6 nitrogen and oxygen atoms in total. The number of hydrogen-bond acceptors (Lipinski definition) is 6. The molecule has 0 aromatic carbocycles. The molecule has 0 atom stereocenters. The Bertz CT molecular complexity index is 502. The Morgan fingerprint density at radius 1 is 1.46 bits per heavy atom. The molecule has 1 aliphatic rings. The molecule has 8 heteroatoms. The molecule has 0 saturated carbocycles. The maximum Gasteiger partial charge on any atom is 0.191 e. The van der Waals surface area contributed by atoms with Crippen molar-refractivity contribution in [2.45, 2.75) is 49.6 Å². The number of thiazole rings is 1. The normalized spacial score (nSPS) is 17.0. The van der Waals surface area contributed by atoms with Crippen molar-refractivity contribution in [1.82, 2.24) is 20.5 Å². The second kappa shape index (κ2) is 12.5. The molecule has 1 saturated heterocycles. The fraction of sp³-hybridized carbons (Fsp3) is 0.778. The van der Waals surface area contributed by atoms with E-state index in [9.17, 15) is 0 Å². The van der Waals surface area contributed by atoms with Crippen molar-refractivity contribution in [1.29, 1.82) is 0 Å². The topological polar surface area (TPSA) is 61.8 Å². The summed E-state index contributed by atoms with van der Waals surface area (Å²) in [5.41, 5.74) is 0. The maximum absolute atomic E-state index is 5.65. The summed E-state index contributed by atoms with van der Waals surface area (Å²) in [5.74, 6) is 2.00. The standard InChI is InChI=1S/C18H33N5OS2/c1-15(2)24-12-11-23-9-5-16(6-10-23)22-17(19-3)20-7-4-13-25-18-21-8-14-26-18/h8,14-16H,4-7,9-13H2,1-3H3,(H2,19,20,22). The van der Waals surface area contributed by atoms with E-state index in [2.05, 4.69) is 39.4 Å². The molecule has 1 aromatic heterocycles. The number of nitrogens with zero attached hydrogens (tertiary/aromatic N) is 3. The number of aliphatic imine (C=N–C) groups is 1. The third-order valence-corrected chi connectivity index (χ3v) is 6.31. The lowest BCUT2D eigenvalue weighted by atomic mass is 10.1. The third kappa shape index (κ3) is 8.70. The first kappa shape index (κ1) is 21.5. The summed E-state index contributed by atoms with van der Waals surface area (Å²) in [7, 11) is 1.85. The van der Waals surface area contributed by atoms with E-state index in [1.165, 1.54) is 0 Å². The van der Waals surface area contributed by atoms with Gasteiger partial charge in [0.15, 0.2) is 5.96 Å². The third-order valence-electron chi connectivity index (χ3n) is 4.26. The summed E-state index contributed by atoms with van der Waals surface area (Å²) in [5, 5.41) is 9.02. The van der Waals surface area contributed by atoms with E-state index in [-0.39, 0.29) is 0 Å². The molecule has 2 N–H and O–H groups in total. The molecular weight excluding hydrogens is 366 g/mol. The van der Waals surface area contributed by atoms with Crippen LogP contribution in [-0.2, 0) is 4.74 Å². The van der Waals surface area contributed by atoms with Crippen LogP contribution >= 0.6 is 23.1 Å². The van der Waals surface area contributed by atoms with Crippen molar-refractivity contribution in [2.24, 2.45) is 4.99 Å². The fourth-order valence-corrected chi connectivity index (χ4v) is 4.47. The monoisotopic (exact) mass is 399 g/mol. The molecule has 0 amide bonds. The summed E-state index contributed by atoms with van der Waals surface area (Å²) in [4.78, 5) is 11.1. The van der Waals surface area contributed by atoms with Crippen LogP contribution in [-0.4, -0.2) is 73.6 Å². The second-order valence-electron chi connectivity index (χ2n) is 6.68. The largest absolute Gasteiger partial charge is 0.377 e. The predicted octanol–water partition coefficient (Wildman–Crippen LogP) is 2.68. The van der Waals surface area contributed by atoms with Crippen molar-refractivity contribution in [3.63, 3.8) is 0 Å². The molecule has 0 spiro atoms. The van der Waals surface area contributed by atoms with Gasteiger partial charge in [-0.15, -0.1) is 11.3 Å². The van der Waals surface area contributed by atoms with Crippen LogP contribution in [0.3, 0.4) is 0 Å². The molecule has 0 unspecified atom stereocenters. The van der Waals surface area contributed by atoms with Crippen molar-refractivity contribution in [2.75, 3.05) is 45.6 Å². The molecule has 2 rings (SSSR count). The van der Waals surface area contributed by atoms with E-state index in [4.69, 9.17) is 4.74 Å². The van der Waals surface area contributed by atoms with Crippen molar-refractivity contribution in [3.05, 3.63) is 11.6 Å². The highest BCUT2D eigenvalue weighted by atomic mass is 32.2. The summed E-state index contributed by atoms with van der Waals surface area (Å²) < 4.78 is 6.80. The Labute approximate surface area is 166 Å². The summed E-state index contributed by atoms with van der Waals surface area (Å²) in [6.07, 6.45) is 5.59. The number of aromatic nitrogens is 1. The average Bonchev–Trinajstić information content (AvgIpc) is 3.15. The number of thioether (sulfide) groups is 1. The van der Waals surface area contributed by atoms with Crippen LogP contribution in [0.15, 0.2) is 20.9 Å². The van der Waals surface area contributed by atoms with Gasteiger partial charge in [0.25, 0.3) is 0 Å². The minimum atomic E-state index is 0.323. The number of likely N-dealkylation sites (tertiary alicyclic amines) is 1. The zero-order valence-corrected chi connectivity index (χ0v) is 17.9. The zero-order chi connectivity index (χ0) is 18.6. The highest BCUT2D eigenvalue weighted by molar-refractivity contribution is 8.00. The SMILES string of the molecule is CN=C(NCCCSc1nccs1)NC1CCN(CCOC(C)C)CC1. The summed E-state index contributed by atoms with van der Waals surface area (Å²) >= 11 is 3.53. The van der Waals surface area contributed by atoms with Crippen molar-refractivity contribution < 1.29 is 4.74 Å². The molecule has 148 valence electrons. The Balaban J connectivity index is 1.54. The predicted molar refractivity (Wildman–Crippen MR) is 113 cm³/mol. The lowest BCUT2D eigenvalue weighted by Crippen LogP contribution is -2.49. The molecule has 1 aliphatic heterocycles. The van der Waals surface area contributed by atoms with E-state index in [0.717, 1.165) is 68.1 Å². The van der Waals surface area contributed by atoms with Gasteiger partial charge < -0.3 is 20.3 Å². The van der Waals surface area contributed by atoms with Gasteiger partial charge in [0, 0.05) is 56.6 Å². The first-order valence-electron chi connectivity index (χ1n) is 9.51. The zero-order valence-electron chi connectivity index (χ0n) is 16.2. The average molecular weight is 400 g/mol. The molecule has 0 bridgehead atoms. The molecule has 0 radical (unpaired) electrons. The van der Waals surface area contributed by atoms with Crippen LogP contribution in [0.1, 0.15) is 33.1 Å². The Morgan fingerprint density at radius 2 is 2.27 bits per heavy atom. The van der Waals surface area contributed by atoms with Gasteiger partial charge in [-0.05, 0) is 33.1 Å². The number of rotatable bonds is 10. The first-order chi connectivity index (χ1) is 12.7. The van der Waals surface area contributed by atoms with E-state index in [1.54, 1.807) is 11.3 Å². The minimum absolute atomic E-state index is 0.323. The van der Waals surface area contributed by atoms with Gasteiger partial charge in [-0.25, -0.2) is 4.98 Å². The van der Waals surface area contributed by atoms with Gasteiger partial charge >= 0.3 is 0 Å². The van der Waals surface area contributed by atoms with Gasteiger partial charge in [-0.1, -0.05) is 11.8 Å². The van der Waals surface area contributed by atoms with E-state index in [0.29, 0.717) is 12.1 Å². The molecule has 0 aliphatic carbocycles. The van der Waals surface area contributed by atoms with Crippen LogP contribution in [0, 0.1) is 0 Å². The van der Waals surface area contributed by atoms with Gasteiger partial charge in [-0.3, -0.25) is 4.99 Å². The Hall–Kier alpha value is -0.830. The fourth-order valence-electron chi connectivity index (χ4n) is 2.83. The van der Waals surface area contributed by atoms with Crippen LogP contribution in [0.4, 0.5) is 0 Å². The minimum Gasteiger partial charge on any atom is -0.377 e. The van der Waals surface area contributed by atoms with Gasteiger partial charge in [-0.2, -0.15) is 0 Å². The van der Waals surface area contributed by atoms with Crippen LogP contribution in [0.25, 0.3) is 0 Å². The maximum atomic E-state index is 5.65.